The number of piperidine rings is 2. The zero-order valence-electron chi connectivity index (χ0n) is 14.9. The Bertz CT molecular complexity index is 620. The van der Waals surface area contributed by atoms with Crippen LogP contribution in [0.25, 0.3) is 0 Å². The van der Waals surface area contributed by atoms with Crippen molar-refractivity contribution in [2.24, 2.45) is 5.92 Å². The highest BCUT2D eigenvalue weighted by Gasteiger charge is 2.39. The van der Waals surface area contributed by atoms with Crippen LogP contribution in [-0.4, -0.2) is 60.0 Å². The minimum absolute atomic E-state index is 0.238. The van der Waals surface area contributed by atoms with Gasteiger partial charge < -0.3 is 10.2 Å². The fraction of sp³-hybridized carbons (Fsp3) is 0.667. The third-order valence-electron chi connectivity index (χ3n) is 5.35. The molecule has 0 bridgehead atoms. The molecule has 5 nitrogen and oxygen atoms in total. The molecule has 2 fully saturated rings. The van der Waals surface area contributed by atoms with Gasteiger partial charge in [0.2, 0.25) is 5.91 Å². The number of halogens is 3. The molecule has 0 spiro atoms. The van der Waals surface area contributed by atoms with Gasteiger partial charge >= 0.3 is 6.18 Å². The van der Waals surface area contributed by atoms with Gasteiger partial charge in [0.05, 0.1) is 0 Å². The minimum Gasteiger partial charge on any atom is -0.338 e. The highest BCUT2D eigenvalue weighted by atomic mass is 19.4. The van der Waals surface area contributed by atoms with Crippen molar-refractivity contribution in [2.75, 3.05) is 33.2 Å². The van der Waals surface area contributed by atoms with E-state index in [4.69, 9.17) is 0 Å². The number of hydrogen-bond donors (Lipinski definition) is 1. The average Bonchev–Trinajstić information content (AvgIpc) is 2.61. The number of pyridine rings is 1. The number of aromatic nitrogens is 1. The summed E-state index contributed by atoms with van der Waals surface area (Å²) in [6, 6.07) is 2.83. The number of likely N-dealkylation sites (N-methyl/N-ethyl adjacent to an activating group) is 1. The SMILES string of the molecule is CNCCN1C(=O)CC[C@H]2CN(Cc3ccc(C(F)(F)F)nc3)CC[C@H]21. The summed E-state index contributed by atoms with van der Waals surface area (Å²) in [5.41, 5.74) is -0.0682. The molecule has 144 valence electrons. The van der Waals surface area contributed by atoms with Crippen molar-refractivity contribution in [3.8, 4) is 0 Å². The molecule has 2 aliphatic rings. The molecule has 0 aliphatic carbocycles. The smallest absolute Gasteiger partial charge is 0.338 e. The Morgan fingerprint density at radius 3 is 2.77 bits per heavy atom. The molecule has 0 radical (unpaired) electrons. The highest BCUT2D eigenvalue weighted by Crippen LogP contribution is 2.32. The summed E-state index contributed by atoms with van der Waals surface area (Å²) in [5, 5.41) is 3.10. The number of likely N-dealkylation sites (tertiary alicyclic amines) is 2. The number of fused-ring (bicyclic) bond motifs is 1. The van der Waals surface area contributed by atoms with Gasteiger partial charge in [-0.25, -0.2) is 0 Å². The van der Waals surface area contributed by atoms with Crippen LogP contribution in [-0.2, 0) is 17.5 Å². The second-order valence-corrected chi connectivity index (χ2v) is 7.13. The molecule has 0 aromatic carbocycles. The Labute approximate surface area is 151 Å². The number of carbonyl (C=O) groups is 1. The van der Waals surface area contributed by atoms with Gasteiger partial charge in [-0.2, -0.15) is 13.2 Å². The van der Waals surface area contributed by atoms with E-state index in [1.54, 1.807) is 0 Å². The van der Waals surface area contributed by atoms with Gasteiger partial charge in [0.25, 0.3) is 0 Å². The van der Waals surface area contributed by atoms with Gasteiger partial charge in [-0.05, 0) is 37.4 Å². The number of carbonyl (C=O) groups excluding carboxylic acids is 1. The third-order valence-corrected chi connectivity index (χ3v) is 5.35. The lowest BCUT2D eigenvalue weighted by atomic mass is 9.83. The molecule has 1 N–H and O–H groups in total. The third kappa shape index (κ3) is 4.35. The lowest BCUT2D eigenvalue weighted by molar-refractivity contribution is -0.142. The summed E-state index contributed by atoms with van der Waals surface area (Å²) in [7, 11) is 1.88. The summed E-state index contributed by atoms with van der Waals surface area (Å²) in [4.78, 5) is 20.0. The maximum atomic E-state index is 12.6. The second-order valence-electron chi connectivity index (χ2n) is 7.13. The minimum atomic E-state index is -4.40. The van der Waals surface area contributed by atoms with Crippen molar-refractivity contribution >= 4 is 5.91 Å². The highest BCUT2D eigenvalue weighted by molar-refractivity contribution is 5.77. The standard InChI is InChI=1S/C18H25F3N4O/c1-22-7-9-25-15-6-8-24(12-14(15)3-5-17(25)26)11-13-2-4-16(23-10-13)18(19,20)21/h2,4,10,14-15,22H,3,5-9,11-12H2,1H3/t14-,15+/m0/s1. The zero-order chi connectivity index (χ0) is 18.7. The first-order valence-corrected chi connectivity index (χ1v) is 9.07. The van der Waals surface area contributed by atoms with Crippen LogP contribution in [0.5, 0.6) is 0 Å². The first-order valence-electron chi connectivity index (χ1n) is 9.07. The van der Waals surface area contributed by atoms with Gasteiger partial charge in [0, 0.05) is 51.4 Å². The summed E-state index contributed by atoms with van der Waals surface area (Å²) in [6.45, 7) is 3.83. The Hall–Kier alpha value is -1.67. The molecule has 2 aliphatic heterocycles. The Morgan fingerprint density at radius 2 is 2.12 bits per heavy atom. The van der Waals surface area contributed by atoms with Crippen LogP contribution in [0, 0.1) is 5.92 Å². The van der Waals surface area contributed by atoms with E-state index < -0.39 is 11.9 Å². The van der Waals surface area contributed by atoms with E-state index in [0.29, 0.717) is 18.9 Å². The van der Waals surface area contributed by atoms with Crippen LogP contribution in [0.4, 0.5) is 13.2 Å². The Kier molecular flexibility index (Phi) is 5.82. The molecule has 0 unspecified atom stereocenters. The molecule has 1 aromatic rings. The molecule has 2 atom stereocenters. The number of rotatable bonds is 5. The van der Waals surface area contributed by atoms with Crippen LogP contribution in [0.1, 0.15) is 30.5 Å². The number of nitrogens with zero attached hydrogens (tertiary/aromatic N) is 3. The topological polar surface area (TPSA) is 48.5 Å². The summed E-state index contributed by atoms with van der Waals surface area (Å²) >= 11 is 0. The normalized spacial score (nSPS) is 24.6. The number of hydrogen-bond acceptors (Lipinski definition) is 4. The van der Waals surface area contributed by atoms with E-state index in [0.717, 1.165) is 50.7 Å². The average molecular weight is 370 g/mol. The van der Waals surface area contributed by atoms with E-state index in [1.165, 1.54) is 12.3 Å². The van der Waals surface area contributed by atoms with Gasteiger partial charge in [0.15, 0.2) is 0 Å². The zero-order valence-corrected chi connectivity index (χ0v) is 14.9. The first-order chi connectivity index (χ1) is 12.4. The summed E-state index contributed by atoms with van der Waals surface area (Å²) in [5.74, 6) is 0.669. The molecule has 1 amide bonds. The van der Waals surface area contributed by atoms with Crippen LogP contribution in [0.3, 0.4) is 0 Å². The largest absolute Gasteiger partial charge is 0.433 e. The van der Waals surface area contributed by atoms with Crippen LogP contribution < -0.4 is 5.32 Å². The van der Waals surface area contributed by atoms with Crippen LogP contribution >= 0.6 is 0 Å². The van der Waals surface area contributed by atoms with Crippen molar-refractivity contribution < 1.29 is 18.0 Å². The molecule has 3 rings (SSSR count). The molecule has 1 aromatic heterocycles. The lowest BCUT2D eigenvalue weighted by Crippen LogP contribution is -2.56. The number of nitrogens with one attached hydrogen (secondary N) is 1. The predicted molar refractivity (Wildman–Crippen MR) is 91.3 cm³/mol. The molecule has 0 saturated carbocycles. The van der Waals surface area contributed by atoms with E-state index in [1.807, 2.05) is 11.9 Å². The monoisotopic (exact) mass is 370 g/mol. The van der Waals surface area contributed by atoms with Gasteiger partial charge in [-0.15, -0.1) is 0 Å². The number of amides is 1. The van der Waals surface area contributed by atoms with Gasteiger partial charge in [-0.1, -0.05) is 6.07 Å². The van der Waals surface area contributed by atoms with E-state index in [-0.39, 0.29) is 11.9 Å². The fourth-order valence-electron chi connectivity index (χ4n) is 4.04. The maximum Gasteiger partial charge on any atom is 0.433 e. The van der Waals surface area contributed by atoms with E-state index in [9.17, 15) is 18.0 Å². The molecular formula is C18H25F3N4O. The van der Waals surface area contributed by atoms with E-state index in [2.05, 4.69) is 15.2 Å². The van der Waals surface area contributed by atoms with Gasteiger partial charge in [0.1, 0.15) is 5.69 Å². The Balaban J connectivity index is 1.59. The summed E-state index contributed by atoms with van der Waals surface area (Å²) < 4.78 is 37.8. The predicted octanol–water partition coefficient (Wildman–Crippen LogP) is 2.13. The first kappa shape index (κ1) is 19.1. The molecule has 8 heteroatoms. The number of alkyl halides is 3. The van der Waals surface area contributed by atoms with E-state index >= 15 is 0 Å². The van der Waals surface area contributed by atoms with Crippen LogP contribution in [0.15, 0.2) is 18.3 Å². The van der Waals surface area contributed by atoms with Crippen molar-refractivity contribution in [3.05, 3.63) is 29.6 Å². The van der Waals surface area contributed by atoms with Crippen molar-refractivity contribution in [1.82, 2.24) is 20.1 Å². The quantitative estimate of drug-likeness (QED) is 0.863. The van der Waals surface area contributed by atoms with Crippen molar-refractivity contribution in [3.63, 3.8) is 0 Å². The molecular weight excluding hydrogens is 345 g/mol. The van der Waals surface area contributed by atoms with Crippen molar-refractivity contribution in [2.45, 2.75) is 38.0 Å². The van der Waals surface area contributed by atoms with Crippen molar-refractivity contribution in [1.29, 1.82) is 0 Å². The molecule has 2 saturated heterocycles. The molecule has 3 heterocycles. The maximum absolute atomic E-state index is 12.6. The van der Waals surface area contributed by atoms with Gasteiger partial charge in [-0.3, -0.25) is 14.7 Å². The lowest BCUT2D eigenvalue weighted by Gasteiger charge is -2.47. The Morgan fingerprint density at radius 1 is 1.31 bits per heavy atom. The fourth-order valence-corrected chi connectivity index (χ4v) is 4.04. The van der Waals surface area contributed by atoms with Crippen LogP contribution in [0.2, 0.25) is 0 Å². The second kappa shape index (κ2) is 7.92. The molecule has 26 heavy (non-hydrogen) atoms. The summed E-state index contributed by atoms with van der Waals surface area (Å²) in [6.07, 6.45) is -0.698.